The van der Waals surface area contributed by atoms with Gasteiger partial charge in [0, 0.05) is 6.54 Å². The van der Waals surface area contributed by atoms with Gasteiger partial charge in [0.1, 0.15) is 0 Å². The summed E-state index contributed by atoms with van der Waals surface area (Å²) < 4.78 is 0. The van der Waals surface area contributed by atoms with Crippen LogP contribution in [0.3, 0.4) is 0 Å². The van der Waals surface area contributed by atoms with E-state index < -0.39 is 0 Å². The van der Waals surface area contributed by atoms with E-state index in [2.05, 4.69) is 0 Å². The van der Waals surface area contributed by atoms with E-state index in [9.17, 15) is 0 Å². The number of halogens is 1. The lowest BCUT2D eigenvalue weighted by molar-refractivity contribution is 0.331. The number of aliphatic hydroxyl groups is 1. The van der Waals surface area contributed by atoms with Gasteiger partial charge in [0.05, 0.1) is 6.61 Å². The van der Waals surface area contributed by atoms with E-state index >= 15 is 0 Å². The summed E-state index contributed by atoms with van der Waals surface area (Å²) in [5.41, 5.74) is 6.05. The molecular weight excluding hydrogens is 126 g/mol. The second kappa shape index (κ2) is 6.95. The molecule has 0 aromatic carbocycles. The molecule has 0 aromatic rings. The first-order valence-electron chi connectivity index (χ1n) is 2.27. The van der Waals surface area contributed by atoms with Gasteiger partial charge in [0.25, 0.3) is 0 Å². The van der Waals surface area contributed by atoms with Gasteiger partial charge in [-0.2, -0.15) is 0 Å². The van der Waals surface area contributed by atoms with Gasteiger partial charge in [0.15, 0.2) is 0 Å². The minimum atomic E-state index is 0. The summed E-state index contributed by atoms with van der Waals surface area (Å²) >= 11 is 0. The van der Waals surface area contributed by atoms with Crippen LogP contribution in [0.1, 0.15) is 6.92 Å². The normalized spacial score (nSPS) is 10.6. The summed E-state index contributed by atoms with van der Waals surface area (Å²) in [6, 6.07) is 0. The van der Waals surface area contributed by atoms with E-state index in [1.165, 1.54) is 0 Å². The molecular formula is C5H12ClNO. The molecule has 0 spiro atoms. The number of hydrogen-bond acceptors (Lipinski definition) is 2. The zero-order valence-electron chi connectivity index (χ0n) is 4.92. The predicted octanol–water partition coefficient (Wildman–Crippen LogP) is 0.306. The molecule has 0 fully saturated rings. The summed E-state index contributed by atoms with van der Waals surface area (Å²) in [4.78, 5) is 0. The van der Waals surface area contributed by atoms with Gasteiger partial charge in [-0.25, -0.2) is 0 Å². The molecule has 0 aromatic heterocycles. The summed E-state index contributed by atoms with van der Waals surface area (Å²) in [6.07, 6.45) is 1.79. The van der Waals surface area contributed by atoms with Crippen LogP contribution < -0.4 is 5.73 Å². The van der Waals surface area contributed by atoms with E-state index in [-0.39, 0.29) is 19.0 Å². The lowest BCUT2D eigenvalue weighted by atomic mass is 10.3. The minimum absolute atomic E-state index is 0. The molecule has 0 radical (unpaired) electrons. The van der Waals surface area contributed by atoms with Crippen molar-refractivity contribution in [3.05, 3.63) is 11.6 Å². The SMILES string of the molecule is C/C(=C\CN)CO.Cl. The first-order chi connectivity index (χ1) is 3.31. The van der Waals surface area contributed by atoms with Crippen molar-refractivity contribution in [3.8, 4) is 0 Å². The van der Waals surface area contributed by atoms with Crippen LogP contribution in [0.15, 0.2) is 11.6 Å². The maximum absolute atomic E-state index is 8.34. The quantitative estimate of drug-likeness (QED) is 0.538. The monoisotopic (exact) mass is 137 g/mol. The van der Waals surface area contributed by atoms with Crippen molar-refractivity contribution in [2.45, 2.75) is 6.92 Å². The molecule has 0 aliphatic carbocycles. The first kappa shape index (κ1) is 10.8. The topological polar surface area (TPSA) is 46.2 Å². The third-order valence-corrected chi connectivity index (χ3v) is 0.716. The molecule has 0 aliphatic rings. The van der Waals surface area contributed by atoms with Gasteiger partial charge in [-0.05, 0) is 6.92 Å². The Bertz CT molecular complexity index is 72.8. The van der Waals surface area contributed by atoms with Gasteiger partial charge < -0.3 is 10.8 Å². The van der Waals surface area contributed by atoms with Crippen LogP contribution in [-0.4, -0.2) is 18.3 Å². The molecule has 0 saturated carbocycles. The van der Waals surface area contributed by atoms with Crippen LogP contribution in [0.4, 0.5) is 0 Å². The fraction of sp³-hybridized carbons (Fsp3) is 0.600. The Morgan fingerprint density at radius 3 is 2.38 bits per heavy atom. The maximum Gasteiger partial charge on any atom is 0.0639 e. The highest BCUT2D eigenvalue weighted by Gasteiger charge is 1.78. The minimum Gasteiger partial charge on any atom is -0.392 e. The highest BCUT2D eigenvalue weighted by atomic mass is 35.5. The van der Waals surface area contributed by atoms with E-state index in [1.54, 1.807) is 6.08 Å². The summed E-state index contributed by atoms with van der Waals surface area (Å²) in [6.45, 7) is 2.48. The fourth-order valence-corrected chi connectivity index (χ4v) is 0.266. The van der Waals surface area contributed by atoms with Crippen LogP contribution in [0.25, 0.3) is 0 Å². The summed E-state index contributed by atoms with van der Waals surface area (Å²) in [5, 5.41) is 8.34. The van der Waals surface area contributed by atoms with Gasteiger partial charge >= 0.3 is 0 Å². The average molecular weight is 138 g/mol. The Kier molecular flexibility index (Phi) is 9.42. The van der Waals surface area contributed by atoms with Crippen LogP contribution >= 0.6 is 12.4 Å². The highest BCUT2D eigenvalue weighted by Crippen LogP contribution is 1.84. The molecule has 50 valence electrons. The molecule has 0 atom stereocenters. The predicted molar refractivity (Wildman–Crippen MR) is 37.1 cm³/mol. The highest BCUT2D eigenvalue weighted by molar-refractivity contribution is 5.85. The van der Waals surface area contributed by atoms with Crippen molar-refractivity contribution in [2.24, 2.45) is 5.73 Å². The number of hydrogen-bond donors (Lipinski definition) is 2. The standard InChI is InChI=1S/C5H11NO.ClH/c1-5(4-7)2-3-6;/h2,7H,3-4,6H2,1H3;1H/b5-2+;. The van der Waals surface area contributed by atoms with E-state index in [0.29, 0.717) is 6.54 Å². The van der Waals surface area contributed by atoms with Gasteiger partial charge in [-0.1, -0.05) is 11.6 Å². The van der Waals surface area contributed by atoms with Crippen LogP contribution in [0, 0.1) is 0 Å². The second-order valence-corrected chi connectivity index (χ2v) is 1.44. The molecule has 3 heteroatoms. The van der Waals surface area contributed by atoms with Gasteiger partial charge in [-0.3, -0.25) is 0 Å². The molecule has 0 saturated heterocycles. The van der Waals surface area contributed by atoms with Crippen LogP contribution in [0.5, 0.6) is 0 Å². The van der Waals surface area contributed by atoms with Crippen molar-refractivity contribution in [1.82, 2.24) is 0 Å². The molecule has 3 N–H and O–H groups in total. The average Bonchev–Trinajstić information content (AvgIpc) is 1.68. The van der Waals surface area contributed by atoms with Gasteiger partial charge in [-0.15, -0.1) is 12.4 Å². The molecule has 0 unspecified atom stereocenters. The second-order valence-electron chi connectivity index (χ2n) is 1.44. The zero-order valence-corrected chi connectivity index (χ0v) is 5.74. The third kappa shape index (κ3) is 5.95. The van der Waals surface area contributed by atoms with E-state index in [4.69, 9.17) is 10.8 Å². The number of rotatable bonds is 2. The van der Waals surface area contributed by atoms with Crippen LogP contribution in [0.2, 0.25) is 0 Å². The van der Waals surface area contributed by atoms with Crippen molar-refractivity contribution < 1.29 is 5.11 Å². The summed E-state index contributed by atoms with van der Waals surface area (Å²) in [5.74, 6) is 0. The Balaban J connectivity index is 0. The zero-order chi connectivity index (χ0) is 5.70. The largest absolute Gasteiger partial charge is 0.392 e. The molecule has 0 rings (SSSR count). The molecule has 2 nitrogen and oxygen atoms in total. The third-order valence-electron chi connectivity index (χ3n) is 0.716. The Hall–Kier alpha value is -0.0500. The van der Waals surface area contributed by atoms with Crippen molar-refractivity contribution >= 4 is 12.4 Å². The molecule has 8 heavy (non-hydrogen) atoms. The molecule has 0 bridgehead atoms. The van der Waals surface area contributed by atoms with E-state index in [0.717, 1.165) is 5.57 Å². The fourth-order valence-electron chi connectivity index (χ4n) is 0.266. The summed E-state index contributed by atoms with van der Waals surface area (Å²) in [7, 11) is 0. The lowest BCUT2D eigenvalue weighted by Gasteiger charge is -1.88. The molecule has 0 aliphatic heterocycles. The van der Waals surface area contributed by atoms with Crippen molar-refractivity contribution in [1.29, 1.82) is 0 Å². The molecule has 0 amide bonds. The Morgan fingerprint density at radius 2 is 2.25 bits per heavy atom. The van der Waals surface area contributed by atoms with Gasteiger partial charge in [0.2, 0.25) is 0 Å². The molecule has 0 heterocycles. The smallest absolute Gasteiger partial charge is 0.0639 e. The Labute approximate surface area is 55.8 Å². The van der Waals surface area contributed by atoms with Crippen LogP contribution in [-0.2, 0) is 0 Å². The first-order valence-corrected chi connectivity index (χ1v) is 2.27. The Morgan fingerprint density at radius 1 is 1.75 bits per heavy atom. The van der Waals surface area contributed by atoms with E-state index in [1.807, 2.05) is 6.92 Å². The van der Waals surface area contributed by atoms with Crippen molar-refractivity contribution in [3.63, 3.8) is 0 Å². The lowest BCUT2D eigenvalue weighted by Crippen LogP contribution is -1.96. The van der Waals surface area contributed by atoms with Crippen molar-refractivity contribution in [2.75, 3.05) is 13.2 Å². The number of nitrogens with two attached hydrogens (primary N) is 1. The maximum atomic E-state index is 8.34. The number of aliphatic hydroxyl groups excluding tert-OH is 1.